The number of rotatable bonds is 0. The second kappa shape index (κ2) is 27.8. The predicted molar refractivity (Wildman–Crippen MR) is 138 cm³/mol. The Bertz CT molecular complexity index is 421. The van der Waals surface area contributed by atoms with Crippen molar-refractivity contribution in [1.82, 2.24) is 39.2 Å². The van der Waals surface area contributed by atoms with Crippen LogP contribution in [0.2, 0.25) is 0 Å². The van der Waals surface area contributed by atoms with Crippen molar-refractivity contribution in [3.05, 3.63) is 30.6 Å². The van der Waals surface area contributed by atoms with E-state index in [1.165, 1.54) is 80.0 Å². The van der Waals surface area contributed by atoms with Crippen molar-refractivity contribution in [3.8, 4) is 0 Å². The molecule has 26 nitrogen and oxygen atoms in total. The van der Waals surface area contributed by atoms with Gasteiger partial charge in [-0.2, -0.15) is 0 Å². The molecule has 26 N–H and O–H groups in total. The zero-order chi connectivity index (χ0) is 20.3. The standard InChI is InChI=1S/2C6H12N4.Cu.2NO3.10H2O/c2*1-7-2-9-4-8(1)5-10(3-7)6-9;;2*2-1(3)4;;;;;;;;;;/h2*1-6H2;;;;10*1H2/q;;+2;2*-1;;;;;;;;;;/p+6. The molecule has 1 radical (unpaired) electrons. The maximum absolute atomic E-state index is 8.25. The van der Waals surface area contributed by atoms with E-state index >= 15 is 0 Å². The summed E-state index contributed by atoms with van der Waals surface area (Å²) in [6, 6.07) is 0. The van der Waals surface area contributed by atoms with Crippen LogP contribution in [0.25, 0.3) is 0 Å². The van der Waals surface area contributed by atoms with Gasteiger partial charge in [0.2, 0.25) is 0 Å². The smallest absolute Gasteiger partial charge is 0.457 e. The third-order valence-corrected chi connectivity index (χ3v) is 4.80. The normalized spacial score (nSPS) is 30.8. The molecule has 27 heteroatoms. The molecule has 8 heterocycles. The van der Waals surface area contributed by atoms with Crippen molar-refractivity contribution < 1.29 is 82.0 Å². The van der Waals surface area contributed by atoms with Gasteiger partial charge >= 0.3 is 17.1 Å². The second-order valence-electron chi connectivity index (χ2n) is 7.51. The summed E-state index contributed by atoms with van der Waals surface area (Å²) in [4.78, 5) is 36.2. The average molecular weight is 654 g/mol. The van der Waals surface area contributed by atoms with Crippen LogP contribution in [0, 0.1) is 30.6 Å². The van der Waals surface area contributed by atoms with Crippen LogP contribution in [0.5, 0.6) is 0 Å². The molecular formula is C12H50CuN10O16+6. The van der Waals surface area contributed by atoms with Gasteiger partial charge in [0.1, 0.15) is 0 Å². The first-order valence-electron chi connectivity index (χ1n) is 8.68. The molecule has 0 spiro atoms. The Morgan fingerprint density at radius 1 is 0.333 bits per heavy atom. The maximum atomic E-state index is 8.25. The Morgan fingerprint density at radius 3 is 0.436 bits per heavy atom. The van der Waals surface area contributed by atoms with Gasteiger partial charge in [-0.15, -0.1) is 0 Å². The number of hydrogen-bond acceptors (Lipinski definition) is 14. The Labute approximate surface area is 232 Å². The number of nitrogens with zero attached hydrogens (tertiary/aromatic N) is 10. The molecule has 8 fully saturated rings. The average Bonchev–Trinajstić information content (AvgIpc) is 2.51. The molecule has 8 saturated heterocycles. The van der Waals surface area contributed by atoms with Gasteiger partial charge in [0.15, 0.2) is 0 Å². The third-order valence-electron chi connectivity index (χ3n) is 4.80. The molecule has 8 aliphatic rings. The van der Waals surface area contributed by atoms with Crippen LogP contribution in [0.4, 0.5) is 0 Å². The molecule has 0 atom stereocenters. The topological polar surface area (TPSA) is 482 Å². The molecular weight excluding hydrogens is 604 g/mol. The van der Waals surface area contributed by atoms with Crippen molar-refractivity contribution >= 4 is 0 Å². The first-order chi connectivity index (χ1) is 13.3. The molecule has 0 saturated carbocycles. The molecule has 8 aliphatic heterocycles. The zero-order valence-electron chi connectivity index (χ0n) is 21.2. The maximum Gasteiger partial charge on any atom is 2.00 e. The minimum atomic E-state index is -1.75. The molecule has 0 aliphatic carbocycles. The first-order valence-corrected chi connectivity index (χ1v) is 8.68. The minimum absolute atomic E-state index is 0. The van der Waals surface area contributed by atoms with Gasteiger partial charge in [0.05, 0.1) is 90.2 Å². The summed E-state index contributed by atoms with van der Waals surface area (Å²) in [5.41, 5.74) is 0. The monoisotopic (exact) mass is 653 g/mol. The van der Waals surface area contributed by atoms with E-state index in [0.29, 0.717) is 0 Å². The van der Waals surface area contributed by atoms with Crippen molar-refractivity contribution in [3.63, 3.8) is 0 Å². The van der Waals surface area contributed by atoms with Crippen LogP contribution < -0.4 is 0 Å². The summed E-state index contributed by atoms with van der Waals surface area (Å²) in [5, 5.41) is 29.5. The summed E-state index contributed by atoms with van der Waals surface area (Å²) < 4.78 is 0. The summed E-state index contributed by atoms with van der Waals surface area (Å²) in [5.74, 6) is 0. The predicted octanol–water partition coefficient (Wildman–Crippen LogP) is -11.4. The fourth-order valence-electron chi connectivity index (χ4n) is 4.47. The molecule has 8 bridgehead atoms. The van der Waals surface area contributed by atoms with Crippen molar-refractivity contribution in [2.75, 3.05) is 80.0 Å². The molecule has 0 aromatic rings. The molecule has 0 amide bonds. The van der Waals surface area contributed by atoms with E-state index in [2.05, 4.69) is 39.2 Å². The SMILES string of the molecule is C1N2CN3CN1CN(C2)C3.C1N2CN3CN1CN(C2)C3.O.O.O.O.O=[N+]([O-])[O-].O=[N+]([O-])[O-].[Cu+2].[OH3+].[OH3+].[OH3+].[OH3+].[OH3+].[OH3+]. The van der Waals surface area contributed by atoms with Crippen LogP contribution in [-0.2, 0) is 49.9 Å². The van der Waals surface area contributed by atoms with Crippen LogP contribution in [0.1, 0.15) is 0 Å². The van der Waals surface area contributed by atoms with Gasteiger partial charge in [0, 0.05) is 0 Å². The fourth-order valence-corrected chi connectivity index (χ4v) is 4.47. The molecule has 0 aromatic heterocycles. The summed E-state index contributed by atoms with van der Waals surface area (Å²) in [6.07, 6.45) is 0. The summed E-state index contributed by atoms with van der Waals surface area (Å²) in [6.45, 7) is 14.2. The van der Waals surface area contributed by atoms with Crippen LogP contribution in [0.15, 0.2) is 0 Å². The van der Waals surface area contributed by atoms with Gasteiger partial charge in [-0.05, 0) is 0 Å². The Balaban J connectivity index is -0.0000000428. The zero-order valence-corrected chi connectivity index (χ0v) is 22.1. The fraction of sp³-hybridized carbons (Fsp3) is 1.00. The van der Waals surface area contributed by atoms with Gasteiger partial charge in [-0.1, -0.05) is 0 Å². The van der Waals surface area contributed by atoms with Gasteiger partial charge < -0.3 is 85.4 Å². The van der Waals surface area contributed by atoms with Crippen molar-refractivity contribution in [1.29, 1.82) is 0 Å². The van der Waals surface area contributed by atoms with Crippen LogP contribution in [0.3, 0.4) is 0 Å². The van der Waals surface area contributed by atoms with Crippen molar-refractivity contribution in [2.24, 2.45) is 0 Å². The summed E-state index contributed by atoms with van der Waals surface area (Å²) in [7, 11) is 0. The number of hydrogen-bond donors (Lipinski definition) is 0. The van der Waals surface area contributed by atoms with E-state index in [9.17, 15) is 0 Å². The molecule has 8 rings (SSSR count). The van der Waals surface area contributed by atoms with E-state index in [-0.39, 0.29) is 71.8 Å². The quantitative estimate of drug-likeness (QED) is 0.101. The third kappa shape index (κ3) is 19.8. The van der Waals surface area contributed by atoms with Crippen LogP contribution in [-0.4, -0.2) is 151 Å². The van der Waals surface area contributed by atoms with E-state index < -0.39 is 10.2 Å². The largest absolute Gasteiger partial charge is 2.00 e. The van der Waals surface area contributed by atoms with E-state index in [1.807, 2.05) is 0 Å². The molecule has 249 valence electrons. The van der Waals surface area contributed by atoms with Crippen molar-refractivity contribution in [2.45, 2.75) is 0 Å². The molecule has 39 heavy (non-hydrogen) atoms. The Morgan fingerprint density at radius 2 is 0.385 bits per heavy atom. The van der Waals surface area contributed by atoms with E-state index in [0.717, 1.165) is 0 Å². The molecule has 0 unspecified atom stereocenters. The molecule has 0 aromatic carbocycles. The minimum Gasteiger partial charge on any atom is -0.457 e. The summed E-state index contributed by atoms with van der Waals surface area (Å²) >= 11 is 0. The second-order valence-corrected chi connectivity index (χ2v) is 7.51. The Kier molecular flexibility index (Phi) is 43.6. The Hall–Kier alpha value is -1.80. The van der Waals surface area contributed by atoms with E-state index in [4.69, 9.17) is 30.6 Å². The van der Waals surface area contributed by atoms with Gasteiger partial charge in [0.25, 0.3) is 0 Å². The van der Waals surface area contributed by atoms with Gasteiger partial charge in [-0.3, -0.25) is 39.2 Å². The van der Waals surface area contributed by atoms with E-state index in [1.54, 1.807) is 0 Å². The van der Waals surface area contributed by atoms with Crippen LogP contribution >= 0.6 is 0 Å². The first kappa shape index (κ1) is 61.3. The van der Waals surface area contributed by atoms with Gasteiger partial charge in [-0.25, -0.2) is 0 Å².